The van der Waals surface area contributed by atoms with Crippen molar-refractivity contribution >= 4 is 55.5 Å². The molecule has 0 fully saturated rings. The Morgan fingerprint density at radius 1 is 1.45 bits per heavy atom. The molecule has 2 aromatic heterocycles. The van der Waals surface area contributed by atoms with Gasteiger partial charge in [-0.2, -0.15) is 0 Å². The fraction of sp³-hybridized carbons (Fsp3) is 0.385. The Balaban J connectivity index is 2.27. The third kappa shape index (κ3) is 3.13. The highest BCUT2D eigenvalue weighted by Crippen LogP contribution is 2.39. The van der Waals surface area contributed by atoms with Crippen molar-refractivity contribution in [3.63, 3.8) is 0 Å². The lowest BCUT2D eigenvalue weighted by molar-refractivity contribution is -0.118. The molecular weight excluding hydrogens is 316 g/mol. The quantitative estimate of drug-likeness (QED) is 0.882. The standard InChI is InChI=1S/C13H15ClN2O2S2/c1-2-3-5-16(7-9(15)17)12(18)11-10(14)8-4-6-19-13(8)20-11/h4,6H,2-3,5,7H2,1H3,(H2,15,17). The summed E-state index contributed by atoms with van der Waals surface area (Å²) in [5.74, 6) is -0.723. The average molecular weight is 331 g/mol. The van der Waals surface area contributed by atoms with Crippen molar-refractivity contribution in [2.24, 2.45) is 5.73 Å². The Kier molecular flexibility index (Phi) is 5.01. The van der Waals surface area contributed by atoms with E-state index in [1.54, 1.807) is 11.3 Å². The van der Waals surface area contributed by atoms with Crippen LogP contribution in [0.15, 0.2) is 11.4 Å². The SMILES string of the molecule is CCCCN(CC(N)=O)C(=O)c1sc2sccc2c1Cl. The van der Waals surface area contributed by atoms with Crippen molar-refractivity contribution in [2.45, 2.75) is 19.8 Å². The van der Waals surface area contributed by atoms with Gasteiger partial charge in [0.25, 0.3) is 5.91 Å². The summed E-state index contributed by atoms with van der Waals surface area (Å²) in [5, 5.41) is 3.32. The number of hydrogen-bond donors (Lipinski definition) is 1. The van der Waals surface area contributed by atoms with Gasteiger partial charge in [0, 0.05) is 11.9 Å². The molecule has 0 saturated heterocycles. The van der Waals surface area contributed by atoms with Crippen molar-refractivity contribution < 1.29 is 9.59 Å². The molecular formula is C13H15ClN2O2S2. The van der Waals surface area contributed by atoms with Crippen molar-refractivity contribution in [2.75, 3.05) is 13.1 Å². The summed E-state index contributed by atoms with van der Waals surface area (Å²) >= 11 is 9.19. The number of nitrogens with zero attached hydrogens (tertiary/aromatic N) is 1. The molecule has 0 saturated carbocycles. The third-order valence-electron chi connectivity index (χ3n) is 2.87. The number of unbranched alkanes of at least 4 members (excludes halogenated alkanes) is 1. The summed E-state index contributed by atoms with van der Waals surface area (Å²) in [6.07, 6.45) is 1.77. The molecule has 0 aliphatic rings. The van der Waals surface area contributed by atoms with E-state index in [4.69, 9.17) is 17.3 Å². The molecule has 2 amide bonds. The molecule has 2 N–H and O–H groups in total. The van der Waals surface area contributed by atoms with E-state index >= 15 is 0 Å². The topological polar surface area (TPSA) is 63.4 Å². The van der Waals surface area contributed by atoms with Crippen molar-refractivity contribution in [1.29, 1.82) is 0 Å². The molecule has 0 aliphatic carbocycles. The molecule has 20 heavy (non-hydrogen) atoms. The van der Waals surface area contributed by atoms with Crippen LogP contribution in [0, 0.1) is 0 Å². The van der Waals surface area contributed by atoms with Gasteiger partial charge in [-0.05, 0) is 17.9 Å². The zero-order chi connectivity index (χ0) is 14.7. The Morgan fingerprint density at radius 2 is 2.20 bits per heavy atom. The first-order chi connectivity index (χ1) is 9.54. The van der Waals surface area contributed by atoms with Gasteiger partial charge in [0.05, 0.1) is 15.6 Å². The maximum absolute atomic E-state index is 12.5. The van der Waals surface area contributed by atoms with Gasteiger partial charge in [-0.25, -0.2) is 0 Å². The lowest BCUT2D eigenvalue weighted by atomic mass is 10.2. The highest BCUT2D eigenvalue weighted by atomic mass is 35.5. The average Bonchev–Trinajstić information content (AvgIpc) is 2.97. The summed E-state index contributed by atoms with van der Waals surface area (Å²) in [6.45, 7) is 2.47. The summed E-state index contributed by atoms with van der Waals surface area (Å²) in [4.78, 5) is 25.6. The molecule has 0 spiro atoms. The number of rotatable bonds is 6. The van der Waals surface area contributed by atoms with Crippen LogP contribution in [0.3, 0.4) is 0 Å². The predicted octanol–water partition coefficient (Wildman–Crippen LogP) is 3.34. The molecule has 2 rings (SSSR count). The number of carbonyl (C=O) groups excluding carboxylic acids is 2. The fourth-order valence-electron chi connectivity index (χ4n) is 1.87. The predicted molar refractivity (Wildman–Crippen MR) is 84.7 cm³/mol. The van der Waals surface area contributed by atoms with Crippen molar-refractivity contribution in [3.8, 4) is 0 Å². The van der Waals surface area contributed by atoms with Crippen LogP contribution in [0.2, 0.25) is 5.02 Å². The number of nitrogens with two attached hydrogens (primary N) is 1. The van der Waals surface area contributed by atoms with Gasteiger partial charge in [0.2, 0.25) is 5.91 Å². The number of carbonyl (C=O) groups is 2. The molecule has 0 radical (unpaired) electrons. The van der Waals surface area contributed by atoms with Crippen LogP contribution >= 0.6 is 34.3 Å². The third-order valence-corrected chi connectivity index (χ3v) is 5.61. The van der Waals surface area contributed by atoms with E-state index in [1.807, 2.05) is 18.4 Å². The van der Waals surface area contributed by atoms with E-state index in [0.717, 1.165) is 22.2 Å². The maximum Gasteiger partial charge on any atom is 0.266 e. The molecule has 7 heteroatoms. The molecule has 0 bridgehead atoms. The summed E-state index contributed by atoms with van der Waals surface area (Å²) in [6, 6.07) is 1.90. The molecule has 2 heterocycles. The number of primary amides is 1. The second kappa shape index (κ2) is 6.56. The fourth-order valence-corrected chi connectivity index (χ4v) is 4.45. The second-order valence-corrected chi connectivity index (χ2v) is 6.99. The van der Waals surface area contributed by atoms with Gasteiger partial charge in [-0.15, -0.1) is 22.7 Å². The molecule has 108 valence electrons. The van der Waals surface area contributed by atoms with Gasteiger partial charge >= 0.3 is 0 Å². The van der Waals surface area contributed by atoms with Gasteiger partial charge in [0.1, 0.15) is 4.88 Å². The van der Waals surface area contributed by atoms with Crippen molar-refractivity contribution in [3.05, 3.63) is 21.3 Å². The van der Waals surface area contributed by atoms with Crippen LogP contribution in [0.4, 0.5) is 0 Å². The smallest absolute Gasteiger partial charge is 0.266 e. The molecule has 0 atom stereocenters. The molecule has 0 aliphatic heterocycles. The van der Waals surface area contributed by atoms with Gasteiger partial charge in [-0.3, -0.25) is 9.59 Å². The van der Waals surface area contributed by atoms with E-state index in [-0.39, 0.29) is 12.5 Å². The zero-order valence-electron chi connectivity index (χ0n) is 11.0. The second-order valence-electron chi connectivity index (χ2n) is 4.41. The van der Waals surface area contributed by atoms with Gasteiger partial charge < -0.3 is 10.6 Å². The minimum atomic E-state index is -0.510. The minimum Gasteiger partial charge on any atom is -0.368 e. The first-order valence-electron chi connectivity index (χ1n) is 6.27. The lowest BCUT2D eigenvalue weighted by Gasteiger charge is -2.20. The van der Waals surface area contributed by atoms with Crippen LogP contribution in [0.1, 0.15) is 29.4 Å². The molecule has 4 nitrogen and oxygen atoms in total. The summed E-state index contributed by atoms with van der Waals surface area (Å²) in [5.41, 5.74) is 5.21. The molecule has 0 unspecified atom stereocenters. The van der Waals surface area contributed by atoms with E-state index in [1.165, 1.54) is 16.2 Å². The van der Waals surface area contributed by atoms with Crippen LogP contribution in [-0.4, -0.2) is 29.8 Å². The molecule has 2 aromatic rings. The Labute approximate surface area is 130 Å². The van der Waals surface area contributed by atoms with Crippen LogP contribution in [0.5, 0.6) is 0 Å². The maximum atomic E-state index is 12.5. The largest absolute Gasteiger partial charge is 0.368 e. The Hall–Kier alpha value is -1.11. The monoisotopic (exact) mass is 330 g/mol. The number of hydrogen-bond acceptors (Lipinski definition) is 4. The van der Waals surface area contributed by atoms with Crippen LogP contribution in [0.25, 0.3) is 9.40 Å². The number of thiophene rings is 2. The minimum absolute atomic E-state index is 0.0687. The summed E-state index contributed by atoms with van der Waals surface area (Å²) in [7, 11) is 0. The number of halogens is 1. The van der Waals surface area contributed by atoms with E-state index in [9.17, 15) is 9.59 Å². The Morgan fingerprint density at radius 3 is 2.80 bits per heavy atom. The highest BCUT2D eigenvalue weighted by molar-refractivity contribution is 7.38. The Bertz CT molecular complexity index is 635. The van der Waals surface area contributed by atoms with Crippen LogP contribution in [-0.2, 0) is 4.79 Å². The van der Waals surface area contributed by atoms with Gasteiger partial charge in [-0.1, -0.05) is 24.9 Å². The highest BCUT2D eigenvalue weighted by Gasteiger charge is 2.23. The lowest BCUT2D eigenvalue weighted by Crippen LogP contribution is -2.38. The number of fused-ring (bicyclic) bond motifs is 1. The molecule has 0 aromatic carbocycles. The zero-order valence-corrected chi connectivity index (χ0v) is 13.4. The van der Waals surface area contributed by atoms with E-state index in [2.05, 4.69) is 0 Å². The van der Waals surface area contributed by atoms with E-state index in [0.29, 0.717) is 16.4 Å². The first-order valence-corrected chi connectivity index (χ1v) is 8.35. The van der Waals surface area contributed by atoms with Crippen LogP contribution < -0.4 is 5.73 Å². The van der Waals surface area contributed by atoms with E-state index < -0.39 is 5.91 Å². The normalized spacial score (nSPS) is 10.9. The first kappa shape index (κ1) is 15.3. The van der Waals surface area contributed by atoms with Gasteiger partial charge in [0.15, 0.2) is 0 Å². The number of amides is 2. The summed E-state index contributed by atoms with van der Waals surface area (Å²) < 4.78 is 1.02. The van der Waals surface area contributed by atoms with Crippen molar-refractivity contribution in [1.82, 2.24) is 4.90 Å².